The molecule has 1 atom stereocenters. The standard InChI is InChI=1S/C27H38O5/c1-17(28)16-32-24(31)15-27(8,18-9-11-22(29)20(13-18)25(2,3)4)19-10-12-23(30)21(14-19)26(5,6)7/h9-14,17,28-30H,15-16H2,1-8H3. The fraction of sp³-hybridized carbons (Fsp3) is 0.519. The highest BCUT2D eigenvalue weighted by Gasteiger charge is 2.35. The number of phenolic OH excluding ortho intramolecular Hbond substituents is 2. The molecule has 0 fully saturated rings. The molecule has 2 aromatic rings. The van der Waals surface area contributed by atoms with Crippen LogP contribution in [0.4, 0.5) is 0 Å². The number of esters is 1. The predicted molar refractivity (Wildman–Crippen MR) is 127 cm³/mol. The number of hydrogen-bond donors (Lipinski definition) is 3. The topological polar surface area (TPSA) is 87.0 Å². The maximum absolute atomic E-state index is 12.8. The van der Waals surface area contributed by atoms with E-state index < -0.39 is 17.5 Å². The van der Waals surface area contributed by atoms with Gasteiger partial charge in [0.05, 0.1) is 12.5 Å². The highest BCUT2D eigenvalue weighted by atomic mass is 16.5. The largest absolute Gasteiger partial charge is 0.508 e. The van der Waals surface area contributed by atoms with Crippen molar-refractivity contribution in [1.82, 2.24) is 0 Å². The average Bonchev–Trinajstić information content (AvgIpc) is 2.65. The number of phenols is 2. The third-order valence-corrected chi connectivity index (χ3v) is 5.87. The molecule has 5 nitrogen and oxygen atoms in total. The van der Waals surface area contributed by atoms with E-state index in [0.717, 1.165) is 22.3 Å². The van der Waals surface area contributed by atoms with Gasteiger partial charge in [0.25, 0.3) is 0 Å². The van der Waals surface area contributed by atoms with Crippen molar-refractivity contribution in [3.05, 3.63) is 58.7 Å². The third kappa shape index (κ3) is 5.83. The molecular formula is C27H38O5. The summed E-state index contributed by atoms with van der Waals surface area (Å²) in [5.41, 5.74) is 1.93. The van der Waals surface area contributed by atoms with Gasteiger partial charge in [-0.3, -0.25) is 4.79 Å². The van der Waals surface area contributed by atoms with Crippen molar-refractivity contribution in [3.8, 4) is 11.5 Å². The number of rotatable bonds is 6. The first kappa shape index (κ1) is 25.7. The highest BCUT2D eigenvalue weighted by molar-refractivity contribution is 5.73. The first-order valence-corrected chi connectivity index (χ1v) is 11.1. The summed E-state index contributed by atoms with van der Waals surface area (Å²) in [6, 6.07) is 10.9. The van der Waals surface area contributed by atoms with E-state index >= 15 is 0 Å². The summed E-state index contributed by atoms with van der Waals surface area (Å²) in [6.07, 6.45) is -0.699. The minimum absolute atomic E-state index is 0.0441. The van der Waals surface area contributed by atoms with E-state index in [-0.39, 0.29) is 35.4 Å². The van der Waals surface area contributed by atoms with Gasteiger partial charge in [-0.15, -0.1) is 0 Å². The Morgan fingerprint density at radius 1 is 0.844 bits per heavy atom. The van der Waals surface area contributed by atoms with Crippen molar-refractivity contribution in [3.63, 3.8) is 0 Å². The molecule has 0 spiro atoms. The van der Waals surface area contributed by atoms with Gasteiger partial charge in [-0.2, -0.15) is 0 Å². The molecule has 2 aromatic carbocycles. The van der Waals surface area contributed by atoms with E-state index in [1.165, 1.54) is 0 Å². The summed E-state index contributed by atoms with van der Waals surface area (Å²) in [5.74, 6) is -0.00750. The second kappa shape index (κ2) is 9.14. The van der Waals surface area contributed by atoms with Crippen molar-refractivity contribution in [2.45, 2.75) is 84.2 Å². The van der Waals surface area contributed by atoms with Crippen LogP contribution in [0, 0.1) is 0 Å². The number of hydrogen-bond acceptors (Lipinski definition) is 5. The minimum atomic E-state index is -0.781. The minimum Gasteiger partial charge on any atom is -0.508 e. The van der Waals surface area contributed by atoms with E-state index in [4.69, 9.17) is 4.74 Å². The average molecular weight is 443 g/mol. The third-order valence-electron chi connectivity index (χ3n) is 5.87. The molecule has 3 N–H and O–H groups in total. The van der Waals surface area contributed by atoms with E-state index in [2.05, 4.69) is 0 Å². The van der Waals surface area contributed by atoms with Crippen LogP contribution >= 0.6 is 0 Å². The smallest absolute Gasteiger partial charge is 0.307 e. The number of carbonyl (C=O) groups excluding carboxylic acids is 1. The zero-order valence-corrected chi connectivity index (χ0v) is 20.6. The lowest BCUT2D eigenvalue weighted by Gasteiger charge is -2.33. The molecule has 32 heavy (non-hydrogen) atoms. The van der Waals surface area contributed by atoms with Crippen molar-refractivity contribution in [1.29, 1.82) is 0 Å². The number of aromatic hydroxyl groups is 2. The Hall–Kier alpha value is -2.53. The maximum atomic E-state index is 12.8. The van der Waals surface area contributed by atoms with E-state index in [9.17, 15) is 20.1 Å². The van der Waals surface area contributed by atoms with Crippen LogP contribution in [0.25, 0.3) is 0 Å². The molecule has 0 radical (unpaired) electrons. The molecule has 0 bridgehead atoms. The van der Waals surface area contributed by atoms with Crippen LogP contribution in [0.15, 0.2) is 36.4 Å². The first-order valence-electron chi connectivity index (χ1n) is 11.1. The monoisotopic (exact) mass is 442 g/mol. The molecule has 1 unspecified atom stereocenters. The van der Waals surface area contributed by atoms with Gasteiger partial charge < -0.3 is 20.1 Å². The Kier molecular flexibility index (Phi) is 7.35. The van der Waals surface area contributed by atoms with Gasteiger partial charge in [-0.25, -0.2) is 0 Å². The molecule has 0 aliphatic carbocycles. The van der Waals surface area contributed by atoms with Crippen LogP contribution in [-0.4, -0.2) is 34.0 Å². The predicted octanol–water partition coefficient (Wildman–Crippen LogP) is 5.31. The highest BCUT2D eigenvalue weighted by Crippen LogP contribution is 2.42. The second-order valence-corrected chi connectivity index (χ2v) is 11.0. The Bertz CT molecular complexity index is 897. The van der Waals surface area contributed by atoms with Gasteiger partial charge in [-0.1, -0.05) is 72.7 Å². The molecule has 5 heteroatoms. The Labute approximate surface area is 192 Å². The van der Waals surface area contributed by atoms with Crippen molar-refractivity contribution in [2.24, 2.45) is 0 Å². The number of benzene rings is 2. The summed E-state index contributed by atoms with van der Waals surface area (Å²) in [5, 5.41) is 30.5. The molecule has 0 aliphatic rings. The van der Waals surface area contributed by atoms with Crippen LogP contribution in [0.3, 0.4) is 0 Å². The molecule has 0 saturated heterocycles. The summed E-state index contributed by atoms with van der Waals surface area (Å²) in [4.78, 5) is 12.8. The Morgan fingerprint density at radius 3 is 1.59 bits per heavy atom. The van der Waals surface area contributed by atoms with Gasteiger partial charge in [0, 0.05) is 5.41 Å². The van der Waals surface area contributed by atoms with Crippen LogP contribution in [0.1, 0.15) is 84.1 Å². The van der Waals surface area contributed by atoms with E-state index in [1.54, 1.807) is 19.1 Å². The summed E-state index contributed by atoms with van der Waals surface area (Å²) < 4.78 is 5.30. The fourth-order valence-corrected chi connectivity index (χ4v) is 3.88. The van der Waals surface area contributed by atoms with Crippen molar-refractivity contribution >= 4 is 5.97 Å². The van der Waals surface area contributed by atoms with Crippen LogP contribution < -0.4 is 0 Å². The van der Waals surface area contributed by atoms with E-state index in [0.29, 0.717) is 0 Å². The quantitative estimate of drug-likeness (QED) is 0.528. The zero-order valence-electron chi connectivity index (χ0n) is 20.6. The molecule has 0 heterocycles. The van der Waals surface area contributed by atoms with Gasteiger partial charge >= 0.3 is 5.97 Å². The maximum Gasteiger partial charge on any atom is 0.307 e. The van der Waals surface area contributed by atoms with Gasteiger partial charge in [-0.05, 0) is 52.1 Å². The second-order valence-electron chi connectivity index (χ2n) is 11.0. The van der Waals surface area contributed by atoms with Gasteiger partial charge in [0.15, 0.2) is 0 Å². The molecule has 0 aliphatic heterocycles. The number of aliphatic hydroxyl groups excluding tert-OH is 1. The SMILES string of the molecule is CC(O)COC(=O)CC(C)(c1ccc(O)c(C(C)(C)C)c1)c1ccc(O)c(C(C)(C)C)c1. The summed E-state index contributed by atoms with van der Waals surface area (Å²) in [6.45, 7) is 15.6. The lowest BCUT2D eigenvalue weighted by Crippen LogP contribution is -2.30. The summed E-state index contributed by atoms with van der Waals surface area (Å²) in [7, 11) is 0. The molecule has 176 valence electrons. The Morgan fingerprint density at radius 2 is 1.25 bits per heavy atom. The molecule has 0 saturated carbocycles. The number of ether oxygens (including phenoxy) is 1. The normalized spacial score (nSPS) is 13.7. The van der Waals surface area contributed by atoms with Crippen LogP contribution in [0.5, 0.6) is 11.5 Å². The number of aliphatic hydroxyl groups is 1. The van der Waals surface area contributed by atoms with Crippen molar-refractivity contribution < 1.29 is 24.9 Å². The summed E-state index contributed by atoms with van der Waals surface area (Å²) >= 11 is 0. The van der Waals surface area contributed by atoms with E-state index in [1.807, 2.05) is 72.7 Å². The fourth-order valence-electron chi connectivity index (χ4n) is 3.88. The molecule has 0 aromatic heterocycles. The van der Waals surface area contributed by atoms with Crippen LogP contribution in [0.2, 0.25) is 0 Å². The van der Waals surface area contributed by atoms with Gasteiger partial charge in [0.2, 0.25) is 0 Å². The Balaban J connectivity index is 2.68. The zero-order chi connectivity index (χ0) is 24.5. The molecule has 0 amide bonds. The first-order chi connectivity index (χ1) is 14.6. The van der Waals surface area contributed by atoms with Crippen molar-refractivity contribution in [2.75, 3.05) is 6.61 Å². The lowest BCUT2D eigenvalue weighted by molar-refractivity contribution is -0.147. The molecule has 2 rings (SSSR count). The molecular weight excluding hydrogens is 404 g/mol. The van der Waals surface area contributed by atoms with Gasteiger partial charge in [0.1, 0.15) is 18.1 Å². The lowest BCUT2D eigenvalue weighted by atomic mass is 9.70. The van der Waals surface area contributed by atoms with Crippen LogP contribution in [-0.2, 0) is 25.8 Å². The number of carbonyl (C=O) groups is 1.